The van der Waals surface area contributed by atoms with Crippen molar-refractivity contribution in [2.75, 3.05) is 13.1 Å². The lowest BCUT2D eigenvalue weighted by molar-refractivity contribution is 0.0400. The maximum atomic E-state index is 13.7. The van der Waals surface area contributed by atoms with E-state index >= 15 is 0 Å². The van der Waals surface area contributed by atoms with Crippen molar-refractivity contribution in [2.45, 2.75) is 24.9 Å². The van der Waals surface area contributed by atoms with Gasteiger partial charge in [-0.05, 0) is 31.0 Å². The van der Waals surface area contributed by atoms with Gasteiger partial charge in [0.05, 0.1) is 24.3 Å². The molecule has 4 nitrogen and oxygen atoms in total. The molecule has 2 aliphatic rings. The average molecular weight is 350 g/mol. The predicted molar refractivity (Wildman–Crippen MR) is 85.2 cm³/mol. The first kappa shape index (κ1) is 15.4. The number of hydrogen-bond donors (Lipinski definition) is 0. The van der Waals surface area contributed by atoms with Crippen LogP contribution in [0.25, 0.3) is 11.3 Å². The SMILES string of the molecule is O=C(c1cc(F)ccc1-c1cc(Cl)nc(C2CC2)n1)N1CC(F)C1. The molecule has 2 heterocycles. The number of alkyl halides is 1. The van der Waals surface area contributed by atoms with E-state index in [-0.39, 0.29) is 23.8 Å². The van der Waals surface area contributed by atoms with Crippen LogP contribution in [0.2, 0.25) is 5.15 Å². The summed E-state index contributed by atoms with van der Waals surface area (Å²) in [6.07, 6.45) is 1.02. The molecule has 0 unspecified atom stereocenters. The largest absolute Gasteiger partial charge is 0.333 e. The van der Waals surface area contributed by atoms with E-state index in [2.05, 4.69) is 9.97 Å². The summed E-state index contributed by atoms with van der Waals surface area (Å²) in [7, 11) is 0. The first-order valence-corrected chi connectivity index (χ1v) is 8.17. The van der Waals surface area contributed by atoms with Gasteiger partial charge in [0.25, 0.3) is 5.91 Å². The number of aromatic nitrogens is 2. The smallest absolute Gasteiger partial charge is 0.254 e. The van der Waals surface area contributed by atoms with Crippen LogP contribution in [0.5, 0.6) is 0 Å². The molecule has 1 aliphatic carbocycles. The molecule has 1 saturated heterocycles. The summed E-state index contributed by atoms with van der Waals surface area (Å²) in [5.41, 5.74) is 1.13. The fourth-order valence-corrected chi connectivity index (χ4v) is 2.96. The summed E-state index contributed by atoms with van der Waals surface area (Å²) in [5.74, 6) is 0.0147. The van der Waals surface area contributed by atoms with Crippen LogP contribution in [0.15, 0.2) is 24.3 Å². The average Bonchev–Trinajstić information content (AvgIpc) is 3.35. The molecule has 0 N–H and O–H groups in total. The van der Waals surface area contributed by atoms with Crippen LogP contribution in [-0.2, 0) is 0 Å². The zero-order valence-corrected chi connectivity index (χ0v) is 13.4. The van der Waals surface area contributed by atoms with Crippen LogP contribution in [0.4, 0.5) is 8.78 Å². The number of carbonyl (C=O) groups excluding carboxylic acids is 1. The third kappa shape index (κ3) is 2.86. The summed E-state index contributed by atoms with van der Waals surface area (Å²) in [6, 6.07) is 5.50. The van der Waals surface area contributed by atoms with Crippen LogP contribution in [-0.4, -0.2) is 40.0 Å². The van der Waals surface area contributed by atoms with Gasteiger partial charge in [0.1, 0.15) is 23.0 Å². The normalized spacial score (nSPS) is 17.7. The van der Waals surface area contributed by atoms with Gasteiger partial charge >= 0.3 is 0 Å². The molecule has 0 atom stereocenters. The van der Waals surface area contributed by atoms with Crippen LogP contribution in [0.1, 0.15) is 34.9 Å². The molecular formula is C17H14ClF2N3O. The zero-order chi connectivity index (χ0) is 16.8. The van der Waals surface area contributed by atoms with Gasteiger partial charge in [0.2, 0.25) is 0 Å². The molecule has 2 aromatic rings. The quantitative estimate of drug-likeness (QED) is 0.795. The Labute approximate surface area is 142 Å². The summed E-state index contributed by atoms with van der Waals surface area (Å²) < 4.78 is 26.7. The van der Waals surface area contributed by atoms with Gasteiger partial charge in [0.15, 0.2) is 0 Å². The Kier molecular flexibility index (Phi) is 3.72. The first-order valence-electron chi connectivity index (χ1n) is 7.79. The van der Waals surface area contributed by atoms with Crippen molar-refractivity contribution in [2.24, 2.45) is 0 Å². The molecule has 1 saturated carbocycles. The van der Waals surface area contributed by atoms with Crippen molar-refractivity contribution in [1.29, 1.82) is 0 Å². The van der Waals surface area contributed by atoms with Crippen LogP contribution < -0.4 is 0 Å². The number of halogens is 3. The van der Waals surface area contributed by atoms with Crippen molar-refractivity contribution in [1.82, 2.24) is 14.9 Å². The van der Waals surface area contributed by atoms with Gasteiger partial charge in [-0.15, -0.1) is 0 Å². The number of hydrogen-bond acceptors (Lipinski definition) is 3. The molecule has 0 radical (unpaired) electrons. The van der Waals surface area contributed by atoms with Gasteiger partial charge in [-0.25, -0.2) is 18.7 Å². The van der Waals surface area contributed by atoms with E-state index in [0.29, 0.717) is 23.0 Å². The summed E-state index contributed by atoms with van der Waals surface area (Å²) in [4.78, 5) is 22.6. The molecule has 1 aromatic carbocycles. The van der Waals surface area contributed by atoms with Gasteiger partial charge in [0, 0.05) is 17.5 Å². The maximum absolute atomic E-state index is 13.7. The fourth-order valence-electron chi connectivity index (χ4n) is 2.78. The predicted octanol–water partition coefficient (Wildman–Crippen LogP) is 3.61. The van der Waals surface area contributed by atoms with E-state index in [1.165, 1.54) is 17.0 Å². The Hall–Kier alpha value is -2.08. The van der Waals surface area contributed by atoms with Crippen molar-refractivity contribution in [3.8, 4) is 11.3 Å². The van der Waals surface area contributed by atoms with Crippen LogP contribution >= 0.6 is 11.6 Å². The third-order valence-corrected chi connectivity index (χ3v) is 4.46. The molecular weight excluding hydrogens is 336 g/mol. The Morgan fingerprint density at radius 2 is 1.96 bits per heavy atom. The molecule has 0 bridgehead atoms. The van der Waals surface area contributed by atoms with Crippen molar-refractivity contribution < 1.29 is 13.6 Å². The fraction of sp³-hybridized carbons (Fsp3) is 0.353. The molecule has 124 valence electrons. The van der Waals surface area contributed by atoms with Gasteiger partial charge in [-0.3, -0.25) is 4.79 Å². The minimum atomic E-state index is -1.01. The number of likely N-dealkylation sites (tertiary alicyclic amines) is 1. The van der Waals surface area contributed by atoms with E-state index in [4.69, 9.17) is 11.6 Å². The lowest BCUT2D eigenvalue weighted by Crippen LogP contribution is -2.51. The number of benzene rings is 1. The highest BCUT2D eigenvalue weighted by Crippen LogP contribution is 2.39. The maximum Gasteiger partial charge on any atom is 0.254 e. The first-order chi connectivity index (χ1) is 11.5. The van der Waals surface area contributed by atoms with Crippen LogP contribution in [0.3, 0.4) is 0 Å². The molecule has 1 amide bonds. The van der Waals surface area contributed by atoms with Gasteiger partial charge < -0.3 is 4.90 Å². The highest BCUT2D eigenvalue weighted by molar-refractivity contribution is 6.29. The molecule has 4 rings (SSSR count). The van der Waals surface area contributed by atoms with E-state index in [9.17, 15) is 13.6 Å². The lowest BCUT2D eigenvalue weighted by atomic mass is 10.0. The Balaban J connectivity index is 1.76. The molecule has 1 aromatic heterocycles. The van der Waals surface area contributed by atoms with Crippen molar-refractivity contribution in [3.63, 3.8) is 0 Å². The van der Waals surface area contributed by atoms with Crippen molar-refractivity contribution in [3.05, 3.63) is 46.6 Å². The van der Waals surface area contributed by atoms with Crippen LogP contribution in [0, 0.1) is 5.82 Å². The zero-order valence-electron chi connectivity index (χ0n) is 12.7. The van der Waals surface area contributed by atoms with E-state index in [1.807, 2.05) is 0 Å². The minimum Gasteiger partial charge on any atom is -0.333 e. The second-order valence-corrected chi connectivity index (χ2v) is 6.59. The van der Waals surface area contributed by atoms with Gasteiger partial charge in [-0.2, -0.15) is 0 Å². The standard InChI is InChI=1S/C17H14ClF2N3O/c18-15-6-14(21-16(22-15)9-1-2-9)12-4-3-10(19)5-13(12)17(24)23-7-11(20)8-23/h3-6,9,11H,1-2,7-8H2. The molecule has 24 heavy (non-hydrogen) atoms. The molecule has 7 heteroatoms. The molecule has 2 fully saturated rings. The lowest BCUT2D eigenvalue weighted by Gasteiger charge is -2.34. The van der Waals surface area contributed by atoms with E-state index in [0.717, 1.165) is 18.9 Å². The minimum absolute atomic E-state index is 0.0344. The van der Waals surface area contributed by atoms with Gasteiger partial charge in [-0.1, -0.05) is 11.6 Å². The Bertz CT molecular complexity index is 819. The third-order valence-electron chi connectivity index (χ3n) is 4.27. The highest BCUT2D eigenvalue weighted by Gasteiger charge is 2.33. The summed E-state index contributed by atoms with van der Waals surface area (Å²) in [5, 5.41) is 0.289. The highest BCUT2D eigenvalue weighted by atomic mass is 35.5. The topological polar surface area (TPSA) is 46.1 Å². The van der Waals surface area contributed by atoms with E-state index < -0.39 is 17.9 Å². The number of nitrogens with zero attached hydrogens (tertiary/aromatic N) is 3. The van der Waals surface area contributed by atoms with Crippen molar-refractivity contribution >= 4 is 17.5 Å². The molecule has 1 aliphatic heterocycles. The summed E-state index contributed by atoms with van der Waals surface area (Å²) >= 11 is 6.08. The Morgan fingerprint density at radius 1 is 1.21 bits per heavy atom. The number of amides is 1. The monoisotopic (exact) mass is 349 g/mol. The second kappa shape index (κ2) is 5.77. The molecule has 0 spiro atoms. The number of carbonyl (C=O) groups is 1. The summed E-state index contributed by atoms with van der Waals surface area (Å²) in [6.45, 7) is 0.0687. The second-order valence-electron chi connectivity index (χ2n) is 6.21. The van der Waals surface area contributed by atoms with E-state index in [1.54, 1.807) is 6.07 Å². The number of rotatable bonds is 3. The Morgan fingerprint density at radius 3 is 2.62 bits per heavy atom.